The van der Waals surface area contributed by atoms with Gasteiger partial charge < -0.3 is 15.0 Å². The van der Waals surface area contributed by atoms with E-state index in [1.54, 1.807) is 18.6 Å². The normalized spacial score (nSPS) is 15.1. The van der Waals surface area contributed by atoms with E-state index in [2.05, 4.69) is 20.2 Å². The Morgan fingerprint density at radius 3 is 2.58 bits per heavy atom. The number of hydrogen-bond donors (Lipinski definition) is 1. The van der Waals surface area contributed by atoms with E-state index >= 15 is 0 Å². The summed E-state index contributed by atoms with van der Waals surface area (Å²) in [5, 5.41) is 3.06. The van der Waals surface area contributed by atoms with Crippen LogP contribution in [0.3, 0.4) is 0 Å². The molecule has 3 rings (SSSR count). The van der Waals surface area contributed by atoms with Crippen molar-refractivity contribution in [3.8, 4) is 5.75 Å². The van der Waals surface area contributed by atoms with Gasteiger partial charge in [-0.25, -0.2) is 4.98 Å². The molecule has 0 bridgehead atoms. The van der Waals surface area contributed by atoms with E-state index in [1.165, 1.54) is 0 Å². The first-order valence-corrected chi connectivity index (χ1v) is 9.17. The second-order valence-corrected chi connectivity index (χ2v) is 6.90. The molecule has 1 aromatic heterocycles. The van der Waals surface area contributed by atoms with Gasteiger partial charge in [-0.2, -0.15) is 0 Å². The van der Waals surface area contributed by atoms with Gasteiger partial charge in [-0.15, -0.1) is 0 Å². The fourth-order valence-electron chi connectivity index (χ4n) is 3.12. The van der Waals surface area contributed by atoms with Gasteiger partial charge in [0.05, 0.1) is 12.3 Å². The molecule has 2 heterocycles. The monoisotopic (exact) mass is 354 g/mol. The average Bonchev–Trinajstić information content (AvgIpc) is 2.67. The molecule has 0 unspecified atom stereocenters. The highest BCUT2D eigenvalue weighted by atomic mass is 16.5. The smallest absolute Gasteiger partial charge is 0.251 e. The quantitative estimate of drug-likeness (QED) is 0.864. The molecule has 0 atom stereocenters. The molecule has 1 aliphatic rings. The predicted molar refractivity (Wildman–Crippen MR) is 102 cm³/mol. The van der Waals surface area contributed by atoms with Crippen molar-refractivity contribution in [2.45, 2.75) is 32.8 Å². The molecule has 6 nitrogen and oxygen atoms in total. The number of aromatic nitrogens is 2. The van der Waals surface area contributed by atoms with E-state index < -0.39 is 0 Å². The van der Waals surface area contributed by atoms with Crippen LogP contribution in [0.4, 0.5) is 5.82 Å². The molecule has 26 heavy (non-hydrogen) atoms. The zero-order valence-corrected chi connectivity index (χ0v) is 15.4. The minimum absolute atomic E-state index is 0.0301. The van der Waals surface area contributed by atoms with Crippen molar-refractivity contribution < 1.29 is 9.53 Å². The molecule has 0 aliphatic carbocycles. The number of amides is 1. The number of carbonyl (C=O) groups excluding carboxylic acids is 1. The van der Waals surface area contributed by atoms with E-state index in [4.69, 9.17) is 4.74 Å². The zero-order chi connectivity index (χ0) is 18.4. The molecule has 1 N–H and O–H groups in total. The van der Waals surface area contributed by atoms with Crippen molar-refractivity contribution in [3.63, 3.8) is 0 Å². The lowest BCUT2D eigenvalue weighted by molar-refractivity contribution is 0.0945. The third-order valence-electron chi connectivity index (χ3n) is 4.53. The molecular formula is C20H26N4O2. The second kappa shape index (κ2) is 8.65. The van der Waals surface area contributed by atoms with Gasteiger partial charge in [0.1, 0.15) is 11.6 Å². The summed E-state index contributed by atoms with van der Waals surface area (Å²) < 4.78 is 5.60. The van der Waals surface area contributed by atoms with Crippen molar-refractivity contribution >= 4 is 11.7 Å². The van der Waals surface area contributed by atoms with Gasteiger partial charge >= 0.3 is 0 Å². The van der Waals surface area contributed by atoms with Crippen molar-refractivity contribution in [2.75, 3.05) is 24.5 Å². The summed E-state index contributed by atoms with van der Waals surface area (Å²) in [4.78, 5) is 23.0. The first-order valence-electron chi connectivity index (χ1n) is 9.17. The molecule has 1 aromatic carbocycles. The Balaban J connectivity index is 1.44. The van der Waals surface area contributed by atoms with Crippen LogP contribution in [0.15, 0.2) is 42.9 Å². The maximum Gasteiger partial charge on any atom is 0.251 e. The van der Waals surface area contributed by atoms with E-state index in [0.717, 1.165) is 37.5 Å². The lowest BCUT2D eigenvalue weighted by Gasteiger charge is -2.32. The maximum atomic E-state index is 12.3. The number of anilines is 1. The topological polar surface area (TPSA) is 67.3 Å². The Labute approximate surface area is 154 Å². The summed E-state index contributed by atoms with van der Waals surface area (Å²) in [6.45, 7) is 6.56. The molecule has 138 valence electrons. The molecule has 1 aliphatic heterocycles. The van der Waals surface area contributed by atoms with Crippen LogP contribution < -0.4 is 15.0 Å². The maximum absolute atomic E-state index is 12.3. The summed E-state index contributed by atoms with van der Waals surface area (Å²) >= 11 is 0. The van der Waals surface area contributed by atoms with Crippen LogP contribution >= 0.6 is 0 Å². The molecule has 0 spiro atoms. The van der Waals surface area contributed by atoms with Crippen LogP contribution in [-0.2, 0) is 0 Å². The summed E-state index contributed by atoms with van der Waals surface area (Å²) in [5.74, 6) is 2.18. The zero-order valence-electron chi connectivity index (χ0n) is 15.4. The predicted octanol–water partition coefficient (Wildman–Crippen LogP) is 2.91. The van der Waals surface area contributed by atoms with Crippen molar-refractivity contribution in [1.29, 1.82) is 0 Å². The molecule has 0 saturated carbocycles. The number of piperidine rings is 1. The Bertz CT molecular complexity index is 696. The van der Waals surface area contributed by atoms with Gasteiger partial charge in [0.25, 0.3) is 5.91 Å². The minimum Gasteiger partial charge on any atom is -0.491 e. The van der Waals surface area contributed by atoms with Gasteiger partial charge in [-0.05, 0) is 56.9 Å². The Morgan fingerprint density at radius 2 is 1.96 bits per heavy atom. The fourth-order valence-corrected chi connectivity index (χ4v) is 3.12. The molecule has 2 aromatic rings. The van der Waals surface area contributed by atoms with Crippen LogP contribution in [0.1, 0.15) is 37.0 Å². The lowest BCUT2D eigenvalue weighted by Crippen LogP contribution is -2.39. The van der Waals surface area contributed by atoms with E-state index in [1.807, 2.05) is 38.1 Å². The molecule has 1 fully saturated rings. The lowest BCUT2D eigenvalue weighted by atomic mass is 9.96. The van der Waals surface area contributed by atoms with Gasteiger partial charge in [0.2, 0.25) is 0 Å². The summed E-state index contributed by atoms with van der Waals surface area (Å²) in [5.41, 5.74) is 0.665. The third kappa shape index (κ3) is 4.94. The molecule has 6 heteroatoms. The molecule has 0 radical (unpaired) electrons. The highest BCUT2D eigenvalue weighted by Crippen LogP contribution is 2.20. The van der Waals surface area contributed by atoms with Crippen LogP contribution in [0.25, 0.3) is 0 Å². The fraction of sp³-hybridized carbons (Fsp3) is 0.450. The van der Waals surface area contributed by atoms with Crippen molar-refractivity contribution in [2.24, 2.45) is 5.92 Å². The van der Waals surface area contributed by atoms with E-state index in [-0.39, 0.29) is 12.0 Å². The first kappa shape index (κ1) is 18.2. The standard InChI is InChI=1S/C20H26N4O2/c1-15(2)26-18-5-3-17(4-6-18)20(25)23-13-16-7-11-24(12-8-16)19-14-21-9-10-22-19/h3-6,9-10,14-16H,7-8,11-13H2,1-2H3,(H,23,25). The summed E-state index contributed by atoms with van der Waals surface area (Å²) in [7, 11) is 0. The highest BCUT2D eigenvalue weighted by Gasteiger charge is 2.20. The number of benzene rings is 1. The first-order chi connectivity index (χ1) is 12.6. The van der Waals surface area contributed by atoms with Crippen LogP contribution in [-0.4, -0.2) is 41.6 Å². The van der Waals surface area contributed by atoms with Crippen LogP contribution in [0, 0.1) is 5.92 Å². The van der Waals surface area contributed by atoms with Gasteiger partial charge in [0.15, 0.2) is 0 Å². The minimum atomic E-state index is -0.0301. The van der Waals surface area contributed by atoms with Gasteiger partial charge in [-0.3, -0.25) is 9.78 Å². The van der Waals surface area contributed by atoms with Gasteiger partial charge in [0, 0.05) is 37.6 Å². The van der Waals surface area contributed by atoms with Crippen molar-refractivity contribution in [3.05, 3.63) is 48.4 Å². The Morgan fingerprint density at radius 1 is 1.23 bits per heavy atom. The number of carbonyl (C=O) groups is 1. The number of hydrogen-bond acceptors (Lipinski definition) is 5. The molecule has 1 amide bonds. The van der Waals surface area contributed by atoms with E-state index in [0.29, 0.717) is 18.0 Å². The van der Waals surface area contributed by atoms with Crippen LogP contribution in [0.5, 0.6) is 5.75 Å². The number of nitrogens with zero attached hydrogens (tertiary/aromatic N) is 3. The molecular weight excluding hydrogens is 328 g/mol. The summed E-state index contributed by atoms with van der Waals surface area (Å²) in [6.07, 6.45) is 7.42. The SMILES string of the molecule is CC(C)Oc1ccc(C(=O)NCC2CCN(c3cnccn3)CC2)cc1. The van der Waals surface area contributed by atoms with Crippen LogP contribution in [0.2, 0.25) is 0 Å². The number of ether oxygens (including phenoxy) is 1. The number of nitrogens with one attached hydrogen (secondary N) is 1. The Kier molecular flexibility index (Phi) is 6.04. The average molecular weight is 354 g/mol. The Hall–Kier alpha value is -2.63. The molecule has 1 saturated heterocycles. The van der Waals surface area contributed by atoms with E-state index in [9.17, 15) is 4.79 Å². The third-order valence-corrected chi connectivity index (χ3v) is 4.53. The second-order valence-electron chi connectivity index (χ2n) is 6.90. The largest absolute Gasteiger partial charge is 0.491 e. The number of rotatable bonds is 6. The highest BCUT2D eigenvalue weighted by molar-refractivity contribution is 5.94. The summed E-state index contributed by atoms with van der Waals surface area (Å²) in [6, 6.07) is 7.30. The van der Waals surface area contributed by atoms with Gasteiger partial charge in [-0.1, -0.05) is 0 Å². The van der Waals surface area contributed by atoms with Crippen molar-refractivity contribution in [1.82, 2.24) is 15.3 Å².